The fourth-order valence-electron chi connectivity index (χ4n) is 2.51. The molecule has 0 spiro atoms. The van der Waals surface area contributed by atoms with Crippen molar-refractivity contribution in [1.29, 1.82) is 0 Å². The molecule has 2 nitrogen and oxygen atoms in total. The summed E-state index contributed by atoms with van der Waals surface area (Å²) in [5.74, 6) is 3.71. The Balaban J connectivity index is 1.52. The molecule has 0 aliphatic carbocycles. The molecule has 1 heterocycles. The summed E-state index contributed by atoms with van der Waals surface area (Å²) in [5.41, 5.74) is 0. The third-order valence-corrected chi connectivity index (χ3v) is 5.31. The molecule has 22 heavy (non-hydrogen) atoms. The molecule has 1 N–H and O–H groups in total. The molecule has 1 aliphatic heterocycles. The summed E-state index contributed by atoms with van der Waals surface area (Å²) in [6.45, 7) is 2.33. The predicted molar refractivity (Wildman–Crippen MR) is 94.3 cm³/mol. The molecular weight excluding hydrogens is 314 g/mol. The van der Waals surface area contributed by atoms with Gasteiger partial charge in [0.25, 0.3) is 0 Å². The van der Waals surface area contributed by atoms with Crippen LogP contribution in [-0.4, -0.2) is 18.8 Å². The highest BCUT2D eigenvalue weighted by Gasteiger charge is 2.13. The molecule has 0 aromatic heterocycles. The largest absolute Gasteiger partial charge is 0.457 e. The summed E-state index contributed by atoms with van der Waals surface area (Å²) in [6.07, 6.45) is 2.59. The van der Waals surface area contributed by atoms with Crippen molar-refractivity contribution in [3.8, 4) is 11.5 Å². The Morgan fingerprint density at radius 3 is 2.18 bits per heavy atom. The summed E-state index contributed by atoms with van der Waals surface area (Å²) < 4.78 is 5.81. The topological polar surface area (TPSA) is 21.3 Å². The molecule has 0 amide bonds. The van der Waals surface area contributed by atoms with Crippen molar-refractivity contribution in [2.45, 2.75) is 17.7 Å². The average molecular weight is 334 g/mol. The lowest BCUT2D eigenvalue weighted by Gasteiger charge is -2.22. The molecule has 1 aliphatic rings. The highest BCUT2D eigenvalue weighted by Crippen LogP contribution is 2.28. The minimum Gasteiger partial charge on any atom is -0.457 e. The molecule has 1 saturated heterocycles. The van der Waals surface area contributed by atoms with Crippen molar-refractivity contribution in [3.63, 3.8) is 0 Å². The van der Waals surface area contributed by atoms with Gasteiger partial charge in [-0.1, -0.05) is 11.6 Å². The van der Waals surface area contributed by atoms with Crippen LogP contribution in [0.1, 0.15) is 12.8 Å². The molecular formula is C18H20ClNOS. The van der Waals surface area contributed by atoms with Gasteiger partial charge in [-0.15, -0.1) is 11.8 Å². The maximum absolute atomic E-state index is 5.87. The van der Waals surface area contributed by atoms with Gasteiger partial charge < -0.3 is 10.1 Å². The van der Waals surface area contributed by atoms with Crippen molar-refractivity contribution in [3.05, 3.63) is 53.6 Å². The predicted octanol–water partition coefficient (Wildman–Crippen LogP) is 5.22. The number of hydrogen-bond acceptors (Lipinski definition) is 3. The SMILES string of the molecule is Clc1ccc(Oc2ccc(SCC3CCNCC3)cc2)cc1. The van der Waals surface area contributed by atoms with Gasteiger partial charge >= 0.3 is 0 Å². The van der Waals surface area contributed by atoms with E-state index in [0.717, 1.165) is 22.4 Å². The van der Waals surface area contributed by atoms with Gasteiger partial charge in [-0.2, -0.15) is 0 Å². The number of hydrogen-bond donors (Lipinski definition) is 1. The first-order chi connectivity index (χ1) is 10.8. The lowest BCUT2D eigenvalue weighted by atomic mass is 10.0. The first-order valence-electron chi connectivity index (χ1n) is 7.66. The zero-order valence-electron chi connectivity index (χ0n) is 12.4. The van der Waals surface area contributed by atoms with Crippen LogP contribution in [0.2, 0.25) is 5.02 Å². The Bertz CT molecular complexity index is 579. The summed E-state index contributed by atoms with van der Waals surface area (Å²) in [4.78, 5) is 1.31. The van der Waals surface area contributed by atoms with Crippen LogP contribution in [0.15, 0.2) is 53.4 Å². The van der Waals surface area contributed by atoms with Crippen molar-refractivity contribution < 1.29 is 4.74 Å². The van der Waals surface area contributed by atoms with Gasteiger partial charge in [0.15, 0.2) is 0 Å². The quantitative estimate of drug-likeness (QED) is 0.757. The van der Waals surface area contributed by atoms with Crippen molar-refractivity contribution in [2.24, 2.45) is 5.92 Å². The number of nitrogens with one attached hydrogen (secondary N) is 1. The van der Waals surface area contributed by atoms with Gasteiger partial charge in [0.1, 0.15) is 11.5 Å². The second-order valence-electron chi connectivity index (χ2n) is 5.53. The lowest BCUT2D eigenvalue weighted by Crippen LogP contribution is -2.28. The van der Waals surface area contributed by atoms with Crippen molar-refractivity contribution in [2.75, 3.05) is 18.8 Å². The van der Waals surface area contributed by atoms with E-state index in [9.17, 15) is 0 Å². The Labute approximate surface area is 141 Å². The Hall–Kier alpha value is -1.16. The van der Waals surface area contributed by atoms with Crippen LogP contribution in [0.5, 0.6) is 11.5 Å². The standard InChI is InChI=1S/C18H20ClNOS/c19-15-1-3-16(4-2-15)21-17-5-7-18(8-6-17)22-13-14-9-11-20-12-10-14/h1-8,14,20H,9-13H2. The molecule has 2 aromatic carbocycles. The number of rotatable bonds is 5. The first-order valence-corrected chi connectivity index (χ1v) is 9.03. The van der Waals surface area contributed by atoms with Gasteiger partial charge in [0, 0.05) is 15.7 Å². The molecule has 2 aromatic rings. The van der Waals surface area contributed by atoms with Gasteiger partial charge in [-0.05, 0) is 80.4 Å². The smallest absolute Gasteiger partial charge is 0.127 e. The number of ether oxygens (including phenoxy) is 1. The first kappa shape index (κ1) is 15.7. The molecule has 0 atom stereocenters. The molecule has 0 unspecified atom stereocenters. The minimum absolute atomic E-state index is 0.719. The van der Waals surface area contributed by atoms with Crippen molar-refractivity contribution >= 4 is 23.4 Å². The van der Waals surface area contributed by atoms with E-state index in [2.05, 4.69) is 17.4 Å². The summed E-state index contributed by atoms with van der Waals surface area (Å²) in [6, 6.07) is 15.7. The van der Waals surface area contributed by atoms with Crippen LogP contribution in [0.25, 0.3) is 0 Å². The maximum atomic E-state index is 5.87. The van der Waals surface area contributed by atoms with E-state index in [1.165, 1.54) is 36.6 Å². The second kappa shape index (κ2) is 7.91. The number of thioether (sulfide) groups is 1. The maximum Gasteiger partial charge on any atom is 0.127 e. The lowest BCUT2D eigenvalue weighted by molar-refractivity contribution is 0.408. The van der Waals surface area contributed by atoms with Crippen LogP contribution < -0.4 is 10.1 Å². The normalized spacial score (nSPS) is 15.7. The van der Waals surface area contributed by atoms with Crippen LogP contribution in [-0.2, 0) is 0 Å². The van der Waals surface area contributed by atoms with E-state index in [4.69, 9.17) is 16.3 Å². The van der Waals surface area contributed by atoms with E-state index in [-0.39, 0.29) is 0 Å². The minimum atomic E-state index is 0.719. The second-order valence-corrected chi connectivity index (χ2v) is 7.06. The summed E-state index contributed by atoms with van der Waals surface area (Å²) >= 11 is 7.82. The highest BCUT2D eigenvalue weighted by molar-refractivity contribution is 7.99. The van der Waals surface area contributed by atoms with Crippen LogP contribution in [0, 0.1) is 5.92 Å². The number of benzene rings is 2. The molecule has 4 heteroatoms. The van der Waals surface area contributed by atoms with E-state index in [1.807, 2.05) is 48.2 Å². The molecule has 0 saturated carbocycles. The van der Waals surface area contributed by atoms with E-state index < -0.39 is 0 Å². The Morgan fingerprint density at radius 1 is 0.955 bits per heavy atom. The molecule has 3 rings (SSSR count). The highest BCUT2D eigenvalue weighted by atomic mass is 35.5. The fourth-order valence-corrected chi connectivity index (χ4v) is 3.72. The fraction of sp³-hybridized carbons (Fsp3) is 0.333. The third-order valence-electron chi connectivity index (χ3n) is 3.82. The number of piperidine rings is 1. The third kappa shape index (κ3) is 4.67. The molecule has 0 bridgehead atoms. The summed E-state index contributed by atoms with van der Waals surface area (Å²) in [5, 5.41) is 4.13. The molecule has 1 fully saturated rings. The van der Waals surface area contributed by atoms with Gasteiger partial charge in [-0.25, -0.2) is 0 Å². The Kier molecular flexibility index (Phi) is 5.65. The summed E-state index contributed by atoms with van der Waals surface area (Å²) in [7, 11) is 0. The molecule has 116 valence electrons. The van der Waals surface area contributed by atoms with Crippen LogP contribution in [0.4, 0.5) is 0 Å². The van der Waals surface area contributed by atoms with E-state index in [1.54, 1.807) is 0 Å². The Morgan fingerprint density at radius 2 is 1.55 bits per heavy atom. The monoisotopic (exact) mass is 333 g/mol. The van der Waals surface area contributed by atoms with Gasteiger partial charge in [0.05, 0.1) is 0 Å². The molecule has 0 radical (unpaired) electrons. The van der Waals surface area contributed by atoms with Gasteiger partial charge in [0.2, 0.25) is 0 Å². The van der Waals surface area contributed by atoms with Gasteiger partial charge in [-0.3, -0.25) is 0 Å². The van der Waals surface area contributed by atoms with E-state index >= 15 is 0 Å². The van der Waals surface area contributed by atoms with Crippen molar-refractivity contribution in [1.82, 2.24) is 5.32 Å². The average Bonchev–Trinajstić information content (AvgIpc) is 2.57. The van der Waals surface area contributed by atoms with Crippen LogP contribution >= 0.6 is 23.4 Å². The van der Waals surface area contributed by atoms with E-state index in [0.29, 0.717) is 0 Å². The number of halogens is 1. The zero-order chi connectivity index (χ0) is 15.2. The zero-order valence-corrected chi connectivity index (χ0v) is 14.0. The van der Waals surface area contributed by atoms with Crippen LogP contribution in [0.3, 0.4) is 0 Å².